The van der Waals surface area contributed by atoms with E-state index in [0.29, 0.717) is 5.56 Å². The molecule has 0 fully saturated rings. The Labute approximate surface area is 92.0 Å². The van der Waals surface area contributed by atoms with Crippen LogP contribution in [0.5, 0.6) is 0 Å². The van der Waals surface area contributed by atoms with Crippen molar-refractivity contribution in [2.75, 3.05) is 0 Å². The quantitative estimate of drug-likeness (QED) is 0.715. The Morgan fingerprint density at radius 1 is 1.06 bits per heavy atom. The third kappa shape index (κ3) is 1.86. The van der Waals surface area contributed by atoms with E-state index < -0.39 is 0 Å². The summed E-state index contributed by atoms with van der Waals surface area (Å²) in [5.74, 6) is -0.256. The summed E-state index contributed by atoms with van der Waals surface area (Å²) in [6, 6.07) is 4.63. The fourth-order valence-electron chi connectivity index (χ4n) is 1.32. The lowest BCUT2D eigenvalue weighted by molar-refractivity contribution is 0.103. The van der Waals surface area contributed by atoms with E-state index in [1.807, 2.05) is 0 Å². The van der Waals surface area contributed by atoms with E-state index >= 15 is 0 Å². The number of ketones is 1. The Morgan fingerprint density at radius 2 is 1.75 bits per heavy atom. The van der Waals surface area contributed by atoms with Crippen molar-refractivity contribution in [3.05, 3.63) is 59.7 Å². The third-order valence-corrected chi connectivity index (χ3v) is 2.12. The molecule has 1 radical (unpaired) electrons. The summed E-state index contributed by atoms with van der Waals surface area (Å²) >= 11 is 0. The van der Waals surface area contributed by atoms with E-state index in [-0.39, 0.29) is 16.9 Å². The van der Waals surface area contributed by atoms with Crippen LogP contribution in [0.3, 0.4) is 0 Å². The van der Waals surface area contributed by atoms with Crippen LogP contribution < -0.4 is 0 Å². The minimum atomic E-state index is -0.256. The molecule has 0 saturated heterocycles. The van der Waals surface area contributed by atoms with Gasteiger partial charge in [0.15, 0.2) is 5.78 Å². The van der Waals surface area contributed by atoms with E-state index in [1.165, 1.54) is 30.9 Å². The van der Waals surface area contributed by atoms with Gasteiger partial charge in [-0.2, -0.15) is 0 Å². The minimum Gasteiger partial charge on any atom is -0.289 e. The number of carbonyl (C=O) groups is 1. The molecule has 2 aromatic heterocycles. The van der Waals surface area contributed by atoms with Crippen LogP contribution in [0.2, 0.25) is 0 Å². The van der Waals surface area contributed by atoms with Gasteiger partial charge in [-0.05, 0) is 18.2 Å². The molecule has 16 heavy (non-hydrogen) atoms. The Hall–Kier alpha value is -2.36. The Kier molecular flexibility index (Phi) is 2.82. The van der Waals surface area contributed by atoms with Crippen molar-refractivity contribution in [2.45, 2.75) is 0 Å². The molecule has 0 aliphatic heterocycles. The van der Waals surface area contributed by atoms with Gasteiger partial charge in [-0.3, -0.25) is 19.6 Å². The lowest BCUT2D eigenvalue weighted by Crippen LogP contribution is -2.05. The molecule has 4 nitrogen and oxygen atoms in total. The van der Waals surface area contributed by atoms with Crippen molar-refractivity contribution in [2.24, 2.45) is 0 Å². The lowest BCUT2D eigenvalue weighted by atomic mass is 10.0. The molecule has 4 heteroatoms. The molecule has 0 aromatic carbocycles. The summed E-state index contributed by atoms with van der Waals surface area (Å²) in [5.41, 5.74) is 0.944. The molecular weight excluding hydrogens is 204 g/mol. The maximum absolute atomic E-state index is 12.0. The van der Waals surface area contributed by atoms with Gasteiger partial charge in [0.05, 0.1) is 5.56 Å². The molecule has 2 aromatic rings. The Morgan fingerprint density at radius 3 is 2.44 bits per heavy atom. The zero-order valence-corrected chi connectivity index (χ0v) is 8.25. The van der Waals surface area contributed by atoms with Crippen LogP contribution in [0.4, 0.5) is 0 Å². The van der Waals surface area contributed by atoms with Gasteiger partial charge in [0.2, 0.25) is 6.29 Å². The van der Waals surface area contributed by atoms with E-state index in [4.69, 9.17) is 0 Å². The second-order valence-electron chi connectivity index (χ2n) is 3.09. The second-order valence-corrected chi connectivity index (χ2v) is 3.09. The molecule has 0 N–H and O–H groups in total. The van der Waals surface area contributed by atoms with Crippen molar-refractivity contribution < 1.29 is 9.59 Å². The van der Waals surface area contributed by atoms with Crippen molar-refractivity contribution in [1.29, 1.82) is 0 Å². The van der Waals surface area contributed by atoms with Crippen LogP contribution in [0.25, 0.3) is 0 Å². The van der Waals surface area contributed by atoms with Gasteiger partial charge in [0.25, 0.3) is 0 Å². The topological polar surface area (TPSA) is 59.9 Å². The second kappa shape index (κ2) is 4.44. The minimum absolute atomic E-state index is 0.219. The number of pyridine rings is 2. The fourth-order valence-corrected chi connectivity index (χ4v) is 1.32. The molecule has 0 saturated carbocycles. The van der Waals surface area contributed by atoms with E-state index in [0.717, 1.165) is 0 Å². The van der Waals surface area contributed by atoms with Crippen LogP contribution in [0.15, 0.2) is 43.0 Å². The summed E-state index contributed by atoms with van der Waals surface area (Å²) in [7, 11) is 0. The van der Waals surface area contributed by atoms with Gasteiger partial charge in [-0.25, -0.2) is 0 Å². The maximum Gasteiger partial charge on any atom is 0.234 e. The van der Waals surface area contributed by atoms with Crippen molar-refractivity contribution in [3.8, 4) is 0 Å². The highest BCUT2D eigenvalue weighted by molar-refractivity contribution is 6.12. The summed E-state index contributed by atoms with van der Waals surface area (Å²) in [5, 5.41) is 0. The number of aromatic nitrogens is 2. The molecule has 0 aliphatic carbocycles. The molecule has 0 atom stereocenters. The molecule has 2 heterocycles. The van der Waals surface area contributed by atoms with Gasteiger partial charge in [-0.1, -0.05) is 0 Å². The lowest BCUT2D eigenvalue weighted by Gasteiger charge is -2.01. The first kappa shape index (κ1) is 10.2. The fraction of sp³-hybridized carbons (Fsp3) is 0. The summed E-state index contributed by atoms with van der Waals surface area (Å²) < 4.78 is 0. The first-order chi connectivity index (χ1) is 7.83. The van der Waals surface area contributed by atoms with Crippen LogP contribution in [0.1, 0.15) is 21.5 Å². The average molecular weight is 211 g/mol. The van der Waals surface area contributed by atoms with E-state index in [9.17, 15) is 9.59 Å². The number of carbonyl (C=O) groups excluding carboxylic acids is 2. The monoisotopic (exact) mass is 211 g/mol. The zero-order valence-electron chi connectivity index (χ0n) is 8.25. The zero-order chi connectivity index (χ0) is 11.4. The smallest absolute Gasteiger partial charge is 0.234 e. The van der Waals surface area contributed by atoms with Crippen LogP contribution in [-0.4, -0.2) is 22.0 Å². The first-order valence-electron chi connectivity index (χ1n) is 4.60. The van der Waals surface area contributed by atoms with Gasteiger partial charge < -0.3 is 0 Å². The van der Waals surface area contributed by atoms with Gasteiger partial charge in [-0.15, -0.1) is 0 Å². The number of hydrogen-bond acceptors (Lipinski definition) is 4. The predicted octanol–water partition coefficient (Wildman–Crippen LogP) is 1.17. The molecular formula is C12H7N2O2. The van der Waals surface area contributed by atoms with Crippen LogP contribution in [-0.2, 0) is 4.79 Å². The maximum atomic E-state index is 12.0. The Bertz CT molecular complexity index is 524. The number of nitrogens with zero attached hydrogens (tertiary/aromatic N) is 2. The molecule has 0 amide bonds. The van der Waals surface area contributed by atoms with Gasteiger partial charge in [0, 0.05) is 35.9 Å². The summed E-state index contributed by atoms with van der Waals surface area (Å²) in [6.07, 6.45) is 7.58. The molecule has 2 rings (SSSR count). The predicted molar refractivity (Wildman–Crippen MR) is 56.7 cm³/mol. The molecule has 0 spiro atoms. The molecule has 0 unspecified atom stereocenters. The number of rotatable bonds is 3. The largest absolute Gasteiger partial charge is 0.289 e. The number of hydrogen-bond donors (Lipinski definition) is 0. The third-order valence-electron chi connectivity index (χ3n) is 2.12. The molecule has 77 valence electrons. The SMILES string of the molecule is O=[C]c1ccncc1C(=O)c1ccncc1. The highest BCUT2D eigenvalue weighted by Gasteiger charge is 2.13. The summed E-state index contributed by atoms with van der Waals surface area (Å²) in [6.45, 7) is 0. The first-order valence-corrected chi connectivity index (χ1v) is 4.60. The summed E-state index contributed by atoms with van der Waals surface area (Å²) in [4.78, 5) is 30.3. The van der Waals surface area contributed by atoms with Gasteiger partial charge >= 0.3 is 0 Å². The van der Waals surface area contributed by atoms with Crippen LogP contribution in [0, 0.1) is 0 Å². The van der Waals surface area contributed by atoms with Gasteiger partial charge in [0.1, 0.15) is 0 Å². The standard InChI is InChI=1S/C12H7N2O2/c15-8-10-3-6-14-7-11(10)12(16)9-1-4-13-5-2-9/h1-7H. The molecule has 0 aliphatic rings. The van der Waals surface area contributed by atoms with Crippen LogP contribution >= 0.6 is 0 Å². The average Bonchev–Trinajstić information content (AvgIpc) is 2.39. The van der Waals surface area contributed by atoms with Crippen molar-refractivity contribution in [1.82, 2.24) is 9.97 Å². The Balaban J connectivity index is 2.46. The van der Waals surface area contributed by atoms with Crippen molar-refractivity contribution in [3.63, 3.8) is 0 Å². The van der Waals surface area contributed by atoms with E-state index in [2.05, 4.69) is 9.97 Å². The highest BCUT2D eigenvalue weighted by atomic mass is 16.1. The molecule has 0 bridgehead atoms. The van der Waals surface area contributed by atoms with E-state index in [1.54, 1.807) is 18.4 Å². The van der Waals surface area contributed by atoms with Crippen molar-refractivity contribution >= 4 is 12.1 Å². The normalized spacial score (nSPS) is 9.75. The highest BCUT2D eigenvalue weighted by Crippen LogP contribution is 2.11.